The zero-order chi connectivity index (χ0) is 9.47. The maximum Gasteiger partial charge on any atom is 0.240 e. The van der Waals surface area contributed by atoms with Crippen LogP contribution in [0.4, 0.5) is 0 Å². The number of nitrogens with two attached hydrogens (primary N) is 1. The molecule has 1 amide bonds. The molecule has 0 aromatic rings. The van der Waals surface area contributed by atoms with Crippen molar-refractivity contribution in [3.63, 3.8) is 0 Å². The van der Waals surface area contributed by atoms with Gasteiger partial charge in [0.05, 0.1) is 11.6 Å². The smallest absolute Gasteiger partial charge is 0.240 e. The molecular formula is C9H17N3O. The predicted octanol–water partition coefficient (Wildman–Crippen LogP) is -0.798. The van der Waals surface area contributed by atoms with E-state index in [4.69, 9.17) is 5.73 Å². The van der Waals surface area contributed by atoms with Gasteiger partial charge in [-0.15, -0.1) is 0 Å². The zero-order valence-electron chi connectivity index (χ0n) is 7.97. The normalized spacial score (nSPS) is 27.5. The second-order valence-corrected chi connectivity index (χ2v) is 4.39. The van der Waals surface area contributed by atoms with Crippen LogP contribution < -0.4 is 16.4 Å². The SMILES string of the molecule is CC(N)(C(=O)NC1CNC1)C1CC1. The predicted molar refractivity (Wildman–Crippen MR) is 50.1 cm³/mol. The first-order valence-corrected chi connectivity index (χ1v) is 4.91. The first-order valence-electron chi connectivity index (χ1n) is 4.91. The van der Waals surface area contributed by atoms with Gasteiger partial charge in [0, 0.05) is 13.1 Å². The lowest BCUT2D eigenvalue weighted by Crippen LogP contribution is -2.63. The van der Waals surface area contributed by atoms with Gasteiger partial charge in [-0.05, 0) is 25.7 Å². The Labute approximate surface area is 78.2 Å². The number of nitrogens with one attached hydrogen (secondary N) is 2. The zero-order valence-corrected chi connectivity index (χ0v) is 7.97. The van der Waals surface area contributed by atoms with E-state index >= 15 is 0 Å². The summed E-state index contributed by atoms with van der Waals surface area (Å²) >= 11 is 0. The van der Waals surface area contributed by atoms with Crippen LogP contribution >= 0.6 is 0 Å². The Balaban J connectivity index is 1.86. The van der Waals surface area contributed by atoms with Crippen LogP contribution in [0, 0.1) is 5.92 Å². The molecule has 2 rings (SSSR count). The Hall–Kier alpha value is -0.610. The van der Waals surface area contributed by atoms with E-state index in [1.165, 1.54) is 0 Å². The third kappa shape index (κ3) is 1.69. The average molecular weight is 183 g/mol. The van der Waals surface area contributed by atoms with Crippen molar-refractivity contribution in [3.05, 3.63) is 0 Å². The van der Waals surface area contributed by atoms with E-state index < -0.39 is 5.54 Å². The van der Waals surface area contributed by atoms with Crippen LogP contribution in [-0.4, -0.2) is 30.6 Å². The Morgan fingerprint density at radius 3 is 2.54 bits per heavy atom. The van der Waals surface area contributed by atoms with E-state index in [9.17, 15) is 4.79 Å². The number of carbonyl (C=O) groups is 1. The molecule has 4 heteroatoms. The summed E-state index contributed by atoms with van der Waals surface area (Å²) in [4.78, 5) is 11.7. The monoisotopic (exact) mass is 183 g/mol. The molecule has 1 heterocycles. The van der Waals surface area contributed by atoms with E-state index in [2.05, 4.69) is 10.6 Å². The minimum atomic E-state index is -0.643. The van der Waals surface area contributed by atoms with E-state index in [-0.39, 0.29) is 5.91 Å². The lowest BCUT2D eigenvalue weighted by Gasteiger charge is -2.32. The van der Waals surface area contributed by atoms with Gasteiger partial charge in [-0.3, -0.25) is 4.79 Å². The minimum absolute atomic E-state index is 0.0153. The van der Waals surface area contributed by atoms with Crippen molar-refractivity contribution in [2.45, 2.75) is 31.3 Å². The number of hydrogen-bond acceptors (Lipinski definition) is 3. The van der Waals surface area contributed by atoms with Crippen LogP contribution in [0.25, 0.3) is 0 Å². The summed E-state index contributed by atoms with van der Waals surface area (Å²) in [5.74, 6) is 0.419. The van der Waals surface area contributed by atoms with E-state index in [0.29, 0.717) is 12.0 Å². The van der Waals surface area contributed by atoms with Gasteiger partial charge in [0.2, 0.25) is 5.91 Å². The van der Waals surface area contributed by atoms with Crippen LogP contribution in [0.3, 0.4) is 0 Å². The largest absolute Gasteiger partial charge is 0.349 e. The molecule has 1 aliphatic carbocycles. The van der Waals surface area contributed by atoms with Crippen LogP contribution in [0.5, 0.6) is 0 Å². The van der Waals surface area contributed by atoms with Gasteiger partial charge in [-0.1, -0.05) is 0 Å². The first-order chi connectivity index (χ1) is 6.10. The fourth-order valence-corrected chi connectivity index (χ4v) is 1.60. The highest BCUT2D eigenvalue weighted by Gasteiger charge is 2.44. The van der Waals surface area contributed by atoms with Gasteiger partial charge in [0.25, 0.3) is 0 Å². The van der Waals surface area contributed by atoms with Gasteiger partial charge < -0.3 is 16.4 Å². The molecule has 0 aromatic heterocycles. The molecule has 4 N–H and O–H groups in total. The van der Waals surface area contributed by atoms with Crippen molar-refractivity contribution in [2.24, 2.45) is 11.7 Å². The molecule has 1 saturated heterocycles. The summed E-state index contributed by atoms with van der Waals surface area (Å²) in [5.41, 5.74) is 5.32. The third-order valence-electron chi connectivity index (χ3n) is 3.03. The molecule has 1 atom stereocenters. The molecule has 1 unspecified atom stereocenters. The lowest BCUT2D eigenvalue weighted by molar-refractivity contribution is -0.127. The number of amides is 1. The van der Waals surface area contributed by atoms with Crippen LogP contribution in [0.1, 0.15) is 19.8 Å². The van der Waals surface area contributed by atoms with Crippen LogP contribution in [-0.2, 0) is 4.79 Å². The highest BCUT2D eigenvalue weighted by atomic mass is 16.2. The number of rotatable bonds is 3. The lowest BCUT2D eigenvalue weighted by atomic mass is 9.95. The quantitative estimate of drug-likeness (QED) is 0.537. The maximum absolute atomic E-state index is 11.7. The molecule has 2 fully saturated rings. The maximum atomic E-state index is 11.7. The fraction of sp³-hybridized carbons (Fsp3) is 0.889. The summed E-state index contributed by atoms with van der Waals surface area (Å²) in [6, 6.07) is 0.300. The van der Waals surface area contributed by atoms with E-state index in [1.807, 2.05) is 6.92 Å². The second-order valence-electron chi connectivity index (χ2n) is 4.39. The molecule has 74 valence electrons. The molecule has 0 bridgehead atoms. The Morgan fingerprint density at radius 1 is 1.54 bits per heavy atom. The van der Waals surface area contributed by atoms with Gasteiger partial charge in [0.15, 0.2) is 0 Å². The Morgan fingerprint density at radius 2 is 2.15 bits per heavy atom. The average Bonchev–Trinajstić information content (AvgIpc) is 2.77. The molecule has 13 heavy (non-hydrogen) atoms. The molecule has 0 radical (unpaired) electrons. The summed E-state index contributed by atoms with van der Waals surface area (Å²) in [5, 5.41) is 6.06. The summed E-state index contributed by atoms with van der Waals surface area (Å²) in [6.07, 6.45) is 2.20. The molecule has 1 saturated carbocycles. The van der Waals surface area contributed by atoms with E-state index in [1.54, 1.807) is 0 Å². The number of carbonyl (C=O) groups excluding carboxylic acids is 1. The highest BCUT2D eigenvalue weighted by molar-refractivity contribution is 5.86. The van der Waals surface area contributed by atoms with E-state index in [0.717, 1.165) is 25.9 Å². The molecular weight excluding hydrogens is 166 g/mol. The summed E-state index contributed by atoms with van der Waals surface area (Å²) in [7, 11) is 0. The van der Waals surface area contributed by atoms with Gasteiger partial charge >= 0.3 is 0 Å². The first kappa shape index (κ1) is 8.97. The number of hydrogen-bond donors (Lipinski definition) is 3. The molecule has 2 aliphatic rings. The van der Waals surface area contributed by atoms with Crippen molar-refractivity contribution >= 4 is 5.91 Å². The Bertz CT molecular complexity index is 219. The van der Waals surface area contributed by atoms with Crippen molar-refractivity contribution in [2.75, 3.05) is 13.1 Å². The second kappa shape index (κ2) is 2.96. The van der Waals surface area contributed by atoms with Crippen molar-refractivity contribution in [1.29, 1.82) is 0 Å². The van der Waals surface area contributed by atoms with Crippen LogP contribution in [0.15, 0.2) is 0 Å². The molecule has 0 spiro atoms. The topological polar surface area (TPSA) is 67.2 Å². The van der Waals surface area contributed by atoms with Crippen LogP contribution in [0.2, 0.25) is 0 Å². The third-order valence-corrected chi connectivity index (χ3v) is 3.03. The highest BCUT2D eigenvalue weighted by Crippen LogP contribution is 2.38. The Kier molecular flexibility index (Phi) is 2.04. The molecule has 1 aliphatic heterocycles. The molecule has 4 nitrogen and oxygen atoms in total. The summed E-state index contributed by atoms with van der Waals surface area (Å²) < 4.78 is 0. The van der Waals surface area contributed by atoms with Gasteiger partial charge in [-0.25, -0.2) is 0 Å². The van der Waals surface area contributed by atoms with Gasteiger partial charge in [-0.2, -0.15) is 0 Å². The van der Waals surface area contributed by atoms with Crippen molar-refractivity contribution in [3.8, 4) is 0 Å². The minimum Gasteiger partial charge on any atom is -0.349 e. The van der Waals surface area contributed by atoms with Crippen molar-refractivity contribution in [1.82, 2.24) is 10.6 Å². The van der Waals surface area contributed by atoms with Gasteiger partial charge in [0.1, 0.15) is 0 Å². The molecule has 0 aromatic carbocycles. The standard InChI is InChI=1S/C9H17N3O/c1-9(10,6-2-3-6)8(13)12-7-4-11-5-7/h6-7,11H,2-5,10H2,1H3,(H,12,13). The van der Waals surface area contributed by atoms with Crippen molar-refractivity contribution < 1.29 is 4.79 Å². The summed E-state index contributed by atoms with van der Waals surface area (Å²) in [6.45, 7) is 3.60. The fourth-order valence-electron chi connectivity index (χ4n) is 1.60.